The number of hydrogen-bond donors (Lipinski definition) is 1. The minimum Gasteiger partial charge on any atom is -0.495 e. The number of nitro groups is 1. The van der Waals surface area contributed by atoms with Gasteiger partial charge in [-0.2, -0.15) is 23.5 Å². The van der Waals surface area contributed by atoms with Crippen LogP contribution < -0.4 is 4.74 Å². The van der Waals surface area contributed by atoms with Crippen molar-refractivity contribution in [2.45, 2.75) is 24.3 Å². The van der Waals surface area contributed by atoms with Gasteiger partial charge in [-0.3, -0.25) is 15.1 Å². The van der Waals surface area contributed by atoms with Crippen LogP contribution in [0.5, 0.6) is 5.75 Å². The Labute approximate surface area is 175 Å². The van der Waals surface area contributed by atoms with Crippen LogP contribution in [0.25, 0.3) is 0 Å². The number of hydrogen-bond acceptors (Lipinski definition) is 7. The van der Waals surface area contributed by atoms with Crippen LogP contribution in [0.1, 0.15) is 24.2 Å². The van der Waals surface area contributed by atoms with Gasteiger partial charge in [0.1, 0.15) is 10.4 Å². The Morgan fingerprint density at radius 1 is 1.33 bits per heavy atom. The summed E-state index contributed by atoms with van der Waals surface area (Å²) in [6, 6.07) is 3.72. The first-order valence-corrected chi connectivity index (χ1v) is 11.3. The second kappa shape index (κ2) is 12.0. The minimum absolute atomic E-state index is 0.363. The van der Waals surface area contributed by atoms with E-state index in [2.05, 4.69) is 30.9 Å². The normalized spacial score (nSPS) is 11.6. The summed E-state index contributed by atoms with van der Waals surface area (Å²) in [5.74, 6) is 3.91. The number of thioether (sulfide) groups is 2. The van der Waals surface area contributed by atoms with E-state index in [1.807, 2.05) is 12.1 Å². The number of nitrogens with zero attached hydrogens (tertiary/aromatic N) is 3. The van der Waals surface area contributed by atoms with Gasteiger partial charge in [0.05, 0.1) is 29.7 Å². The highest BCUT2D eigenvalue weighted by Gasteiger charge is 2.08. The first kappa shape index (κ1) is 21.8. The maximum absolute atomic E-state index is 10.9. The molecule has 146 valence electrons. The molecule has 0 radical (unpaired) electrons. The highest BCUT2D eigenvalue weighted by Crippen LogP contribution is 2.24. The van der Waals surface area contributed by atoms with E-state index in [0.717, 1.165) is 56.5 Å². The van der Waals surface area contributed by atoms with Crippen molar-refractivity contribution in [3.05, 3.63) is 62.5 Å². The molecule has 2 rings (SSSR count). The summed E-state index contributed by atoms with van der Waals surface area (Å²) >= 11 is 6.80. The quantitative estimate of drug-likeness (QED) is 0.272. The van der Waals surface area contributed by atoms with E-state index >= 15 is 0 Å². The van der Waals surface area contributed by atoms with Crippen molar-refractivity contribution < 1.29 is 9.66 Å². The van der Waals surface area contributed by atoms with Crippen LogP contribution in [0.15, 0.2) is 41.0 Å². The lowest BCUT2D eigenvalue weighted by Crippen LogP contribution is -1.97. The molecule has 2 aromatic rings. The number of halogens is 1. The van der Waals surface area contributed by atoms with Crippen molar-refractivity contribution >= 4 is 39.5 Å². The summed E-state index contributed by atoms with van der Waals surface area (Å²) in [6.07, 6.45) is 5.92. The van der Waals surface area contributed by atoms with Gasteiger partial charge in [0.15, 0.2) is 0 Å². The Morgan fingerprint density at radius 2 is 2.07 bits per heavy atom. The van der Waals surface area contributed by atoms with E-state index in [9.17, 15) is 10.1 Å². The van der Waals surface area contributed by atoms with Crippen molar-refractivity contribution in [3.63, 3.8) is 0 Å². The maximum Gasteiger partial charge on any atom is 0.233 e. The third kappa shape index (κ3) is 7.94. The van der Waals surface area contributed by atoms with E-state index in [1.54, 1.807) is 43.2 Å². The summed E-state index contributed by atoms with van der Waals surface area (Å²) in [7, 11) is 1.63. The third-order valence-corrected chi connectivity index (χ3v) is 6.28. The average molecular weight is 473 g/mol. The minimum atomic E-state index is -0.363. The SMILES string of the molecule is COc1cccnc1CSCCC(=C[N+](=O)[O-])CCSCc1[nH]cnc1Br. The molecule has 0 aliphatic carbocycles. The van der Waals surface area contributed by atoms with Crippen LogP contribution in [0, 0.1) is 10.1 Å². The van der Waals surface area contributed by atoms with Crippen molar-refractivity contribution in [3.8, 4) is 5.75 Å². The molecule has 1 N–H and O–H groups in total. The molecule has 0 saturated carbocycles. The van der Waals surface area contributed by atoms with Crippen molar-refractivity contribution in [2.75, 3.05) is 18.6 Å². The van der Waals surface area contributed by atoms with Crippen LogP contribution in [0.2, 0.25) is 0 Å². The lowest BCUT2D eigenvalue weighted by atomic mass is 10.2. The smallest absolute Gasteiger partial charge is 0.233 e. The van der Waals surface area contributed by atoms with Crippen LogP contribution in [0.4, 0.5) is 0 Å². The Kier molecular flexibility index (Phi) is 9.71. The number of aromatic nitrogens is 3. The standard InChI is InChI=1S/C17H21BrN4O3S2/c1-25-16-3-2-6-19-14(16)10-26-7-4-13(9-22(23)24)5-8-27-11-15-17(18)21-12-20-15/h2-3,6,9,12H,4-5,7-8,10-11H2,1H3,(H,20,21). The van der Waals surface area contributed by atoms with Crippen molar-refractivity contribution in [2.24, 2.45) is 0 Å². The number of rotatable bonds is 12. The molecule has 0 saturated heterocycles. The molecule has 2 aromatic heterocycles. The fourth-order valence-electron chi connectivity index (χ4n) is 2.28. The summed E-state index contributed by atoms with van der Waals surface area (Å²) in [4.78, 5) is 22.0. The van der Waals surface area contributed by atoms with E-state index in [1.165, 1.54) is 0 Å². The molecule has 0 amide bonds. The number of methoxy groups -OCH3 is 1. The van der Waals surface area contributed by atoms with Crippen LogP contribution in [0.3, 0.4) is 0 Å². The molecule has 0 aromatic carbocycles. The number of allylic oxidation sites excluding steroid dienone is 1. The monoisotopic (exact) mass is 472 g/mol. The van der Waals surface area contributed by atoms with Gasteiger partial charge in [-0.25, -0.2) is 4.98 Å². The van der Waals surface area contributed by atoms with Crippen LogP contribution in [-0.4, -0.2) is 38.5 Å². The van der Waals surface area contributed by atoms with E-state index in [0.29, 0.717) is 12.8 Å². The molecule has 0 aliphatic rings. The number of imidazole rings is 1. The molecule has 0 spiro atoms. The van der Waals surface area contributed by atoms with Crippen LogP contribution >= 0.6 is 39.5 Å². The number of nitrogens with one attached hydrogen (secondary N) is 1. The zero-order chi connectivity index (χ0) is 19.5. The number of ether oxygens (including phenoxy) is 1. The van der Waals surface area contributed by atoms with E-state index < -0.39 is 0 Å². The molecule has 0 aliphatic heterocycles. The van der Waals surface area contributed by atoms with Gasteiger partial charge in [-0.1, -0.05) is 0 Å². The molecule has 27 heavy (non-hydrogen) atoms. The van der Waals surface area contributed by atoms with E-state index in [-0.39, 0.29) is 4.92 Å². The fourth-order valence-corrected chi connectivity index (χ4v) is 4.75. The Morgan fingerprint density at radius 3 is 2.70 bits per heavy atom. The Hall–Kier alpha value is -1.52. The van der Waals surface area contributed by atoms with Crippen LogP contribution in [-0.2, 0) is 11.5 Å². The molecular weight excluding hydrogens is 452 g/mol. The van der Waals surface area contributed by atoms with Gasteiger partial charge in [-0.15, -0.1) is 0 Å². The molecule has 0 atom stereocenters. The van der Waals surface area contributed by atoms with Gasteiger partial charge in [0.2, 0.25) is 6.20 Å². The Balaban J connectivity index is 1.74. The second-order valence-electron chi connectivity index (χ2n) is 5.50. The van der Waals surface area contributed by atoms with Gasteiger partial charge >= 0.3 is 0 Å². The topological polar surface area (TPSA) is 93.9 Å². The van der Waals surface area contributed by atoms with Crippen molar-refractivity contribution in [1.82, 2.24) is 15.0 Å². The lowest BCUT2D eigenvalue weighted by molar-refractivity contribution is -0.403. The predicted molar refractivity (Wildman–Crippen MR) is 114 cm³/mol. The molecular formula is C17H21BrN4O3S2. The maximum atomic E-state index is 10.9. The average Bonchev–Trinajstić information content (AvgIpc) is 3.06. The second-order valence-corrected chi connectivity index (χ2v) is 8.46. The lowest BCUT2D eigenvalue weighted by Gasteiger charge is -2.08. The number of aromatic amines is 1. The van der Waals surface area contributed by atoms with Gasteiger partial charge in [-0.05, 0) is 52.4 Å². The summed E-state index contributed by atoms with van der Waals surface area (Å²) < 4.78 is 6.11. The first-order valence-electron chi connectivity index (χ1n) is 8.24. The zero-order valence-electron chi connectivity index (χ0n) is 14.9. The molecule has 2 heterocycles. The van der Waals surface area contributed by atoms with Gasteiger partial charge in [0, 0.05) is 23.3 Å². The number of H-pyrrole nitrogens is 1. The first-order chi connectivity index (χ1) is 13.1. The highest BCUT2D eigenvalue weighted by molar-refractivity contribution is 9.10. The van der Waals surface area contributed by atoms with Crippen molar-refractivity contribution in [1.29, 1.82) is 0 Å². The summed E-state index contributed by atoms with van der Waals surface area (Å²) in [5.41, 5.74) is 2.78. The van der Waals surface area contributed by atoms with Gasteiger partial charge in [0.25, 0.3) is 0 Å². The largest absolute Gasteiger partial charge is 0.495 e. The summed E-state index contributed by atoms with van der Waals surface area (Å²) in [6.45, 7) is 0. The zero-order valence-corrected chi connectivity index (χ0v) is 18.1. The molecule has 7 nitrogen and oxygen atoms in total. The highest BCUT2D eigenvalue weighted by atomic mass is 79.9. The van der Waals surface area contributed by atoms with E-state index in [4.69, 9.17) is 4.74 Å². The predicted octanol–water partition coefficient (Wildman–Crippen LogP) is 4.68. The molecule has 0 unspecified atom stereocenters. The number of pyridine rings is 1. The fraction of sp³-hybridized carbons (Fsp3) is 0.412. The summed E-state index contributed by atoms with van der Waals surface area (Å²) in [5, 5.41) is 10.9. The van der Waals surface area contributed by atoms with Gasteiger partial charge < -0.3 is 9.72 Å². The molecule has 0 bridgehead atoms. The molecule has 10 heteroatoms. The Bertz CT molecular complexity index is 770. The third-order valence-electron chi connectivity index (χ3n) is 3.64. The molecule has 0 fully saturated rings.